The third-order valence-electron chi connectivity index (χ3n) is 12.5. The summed E-state index contributed by atoms with van der Waals surface area (Å²) in [7, 11) is -1.06. The first-order valence-corrected chi connectivity index (χ1v) is 17.3. The van der Waals surface area contributed by atoms with E-state index in [9.17, 15) is 4.79 Å². The van der Waals surface area contributed by atoms with E-state index in [1.165, 1.54) is 50.5 Å². The second-order valence-electron chi connectivity index (χ2n) is 15.1. The van der Waals surface area contributed by atoms with Crippen molar-refractivity contribution < 1.29 is 8.98 Å². The highest BCUT2D eigenvalue weighted by Crippen LogP contribution is 2.74. The minimum absolute atomic E-state index is 0.160. The van der Waals surface area contributed by atoms with Gasteiger partial charge in [0, 0.05) is 16.1 Å². The average molecular weight is 511 g/mol. The van der Waals surface area contributed by atoms with E-state index in [2.05, 4.69) is 70.6 Å². The Morgan fingerprint density at radius 1 is 0.972 bits per heavy atom. The van der Waals surface area contributed by atoms with Crippen molar-refractivity contribution in [2.75, 3.05) is 19.1 Å². The van der Waals surface area contributed by atoms with Crippen LogP contribution in [0, 0.1) is 45.8 Å². The van der Waals surface area contributed by atoms with Crippen LogP contribution in [0.5, 0.6) is 0 Å². The summed E-state index contributed by atoms with van der Waals surface area (Å²) in [6, 6.07) is 0. The number of carbonyl (C=O) groups is 1. The van der Waals surface area contributed by atoms with Crippen molar-refractivity contribution in [3.05, 3.63) is 36.0 Å². The lowest BCUT2D eigenvalue weighted by Crippen LogP contribution is -2.59. The molecule has 0 radical (unpaired) electrons. The first-order chi connectivity index (χ1) is 16.9. The Hall–Kier alpha value is -0.800. The lowest BCUT2D eigenvalue weighted by molar-refractivity contribution is -0.154. The Morgan fingerprint density at radius 2 is 1.67 bits per heavy atom. The lowest BCUT2D eigenvalue weighted by Gasteiger charge is -2.63. The summed E-state index contributed by atoms with van der Waals surface area (Å²) in [5.41, 5.74) is 2.31. The molecule has 2 spiro atoms. The fraction of sp³-hybridized carbons (Fsp3) is 0.788. The van der Waals surface area contributed by atoms with Crippen molar-refractivity contribution in [1.82, 2.24) is 0 Å². The highest BCUT2D eigenvalue weighted by Gasteiger charge is 2.68. The molecule has 6 aliphatic carbocycles. The maximum Gasteiger partial charge on any atom is 0.159 e. The predicted octanol–water partition coefficient (Wildman–Crippen LogP) is 8.43. The van der Waals surface area contributed by atoms with Gasteiger partial charge < -0.3 is 4.18 Å². The average Bonchev–Trinajstić information content (AvgIpc) is 2.93. The molecule has 4 fully saturated rings. The second kappa shape index (κ2) is 8.35. The van der Waals surface area contributed by atoms with Gasteiger partial charge in [0.2, 0.25) is 0 Å². The van der Waals surface area contributed by atoms with Gasteiger partial charge in [-0.05, 0) is 117 Å². The molecular weight excluding hydrogens is 460 g/mol. The van der Waals surface area contributed by atoms with Crippen LogP contribution in [0.3, 0.4) is 0 Å². The predicted molar refractivity (Wildman–Crippen MR) is 153 cm³/mol. The van der Waals surface area contributed by atoms with Crippen LogP contribution in [-0.4, -0.2) is 29.6 Å². The summed E-state index contributed by atoms with van der Waals surface area (Å²) in [6.45, 7) is 10.4. The molecular formula is C33H50O2S. The number of carbonyl (C=O) groups excluding carboxylic acids is 1. The van der Waals surface area contributed by atoms with Gasteiger partial charge in [0.15, 0.2) is 5.78 Å². The Labute approximate surface area is 222 Å². The summed E-state index contributed by atoms with van der Waals surface area (Å²) in [5, 5.41) is 0. The number of fused-ring (bicyclic) bond motifs is 4. The number of hydrogen-bond acceptors (Lipinski definition) is 2. The molecule has 0 aromatic carbocycles. The standard InChI is InChI=1S/C33H50O2S/c1-30(2,3)36(5,6)35-22-23-20-33-16-13-26-29(27(33)12-11-25(23)33)28(34)19-24-21-32(18-17-31(24,26)4)14-9-7-8-10-15-32/h9-10,14-15,19,23,25-27,29H,7-8,11-13,16-18,20-22H2,1-6H3/t23?,25-,26?,27?,29?,31+,33+/m1/s1. The van der Waals surface area contributed by atoms with Crippen LogP contribution < -0.4 is 0 Å². The molecule has 4 unspecified atom stereocenters. The minimum Gasteiger partial charge on any atom is -0.336 e. The maximum atomic E-state index is 13.9. The highest BCUT2D eigenvalue weighted by molar-refractivity contribution is 8.29. The summed E-state index contributed by atoms with van der Waals surface area (Å²) in [5.74, 6) is 3.47. The first-order valence-electron chi connectivity index (χ1n) is 14.9. The smallest absolute Gasteiger partial charge is 0.159 e. The largest absolute Gasteiger partial charge is 0.336 e. The van der Waals surface area contributed by atoms with Gasteiger partial charge in [-0.25, -0.2) is 0 Å². The molecule has 0 saturated heterocycles. The molecule has 200 valence electrons. The normalized spacial score (nSPS) is 43.6. The molecule has 0 aromatic rings. The molecule has 2 nitrogen and oxygen atoms in total. The van der Waals surface area contributed by atoms with Gasteiger partial charge in [-0.2, -0.15) is 0 Å². The summed E-state index contributed by atoms with van der Waals surface area (Å²) in [6.07, 6.45) is 29.0. The monoisotopic (exact) mass is 510 g/mol. The molecule has 0 aromatic heterocycles. The molecule has 3 heteroatoms. The first kappa shape index (κ1) is 25.5. The summed E-state index contributed by atoms with van der Waals surface area (Å²) < 4.78 is 6.88. The molecule has 0 amide bonds. The zero-order valence-corrected chi connectivity index (χ0v) is 24.6. The molecule has 0 bridgehead atoms. The zero-order chi connectivity index (χ0) is 25.6. The van der Waals surface area contributed by atoms with Crippen molar-refractivity contribution in [2.24, 2.45) is 45.8 Å². The number of hydrogen-bond donors (Lipinski definition) is 0. The Kier molecular flexibility index (Phi) is 5.91. The van der Waals surface area contributed by atoms with Gasteiger partial charge in [-0.3, -0.25) is 4.79 Å². The molecule has 4 saturated carbocycles. The fourth-order valence-corrected chi connectivity index (χ4v) is 10.5. The molecule has 0 aliphatic heterocycles. The van der Waals surface area contributed by atoms with Gasteiger partial charge in [0.05, 0.1) is 6.61 Å². The van der Waals surface area contributed by atoms with E-state index in [1.807, 2.05) is 0 Å². The number of ketones is 1. The van der Waals surface area contributed by atoms with Gasteiger partial charge in [0.25, 0.3) is 0 Å². The van der Waals surface area contributed by atoms with Crippen LogP contribution in [-0.2, 0) is 8.98 Å². The maximum absolute atomic E-state index is 13.9. The fourth-order valence-electron chi connectivity index (χ4n) is 9.68. The lowest BCUT2D eigenvalue weighted by atomic mass is 9.41. The Morgan fingerprint density at radius 3 is 2.36 bits per heavy atom. The quantitative estimate of drug-likeness (QED) is 0.356. The Bertz CT molecular complexity index is 997. The second-order valence-corrected chi connectivity index (χ2v) is 19.0. The van der Waals surface area contributed by atoms with Crippen molar-refractivity contribution >= 4 is 16.1 Å². The van der Waals surface area contributed by atoms with E-state index in [1.54, 1.807) is 0 Å². The van der Waals surface area contributed by atoms with E-state index in [4.69, 9.17) is 4.18 Å². The molecule has 6 aliphatic rings. The molecule has 0 N–H and O–H groups in total. The van der Waals surface area contributed by atoms with Crippen LogP contribution in [0.15, 0.2) is 36.0 Å². The topological polar surface area (TPSA) is 26.3 Å². The van der Waals surface area contributed by atoms with E-state index in [0.29, 0.717) is 29.0 Å². The third-order valence-corrected chi connectivity index (χ3v) is 16.2. The van der Waals surface area contributed by atoms with Crippen LogP contribution >= 0.6 is 10.3 Å². The van der Waals surface area contributed by atoms with Crippen molar-refractivity contribution in [1.29, 1.82) is 0 Å². The van der Waals surface area contributed by atoms with Crippen LogP contribution in [0.25, 0.3) is 0 Å². The van der Waals surface area contributed by atoms with Gasteiger partial charge in [0.1, 0.15) is 0 Å². The van der Waals surface area contributed by atoms with E-state index in [-0.39, 0.29) is 21.5 Å². The molecule has 7 atom stereocenters. The van der Waals surface area contributed by atoms with Gasteiger partial charge in [-0.15, -0.1) is 10.3 Å². The van der Waals surface area contributed by atoms with Crippen molar-refractivity contribution in [3.63, 3.8) is 0 Å². The molecule has 36 heavy (non-hydrogen) atoms. The van der Waals surface area contributed by atoms with Crippen LogP contribution in [0.4, 0.5) is 0 Å². The Balaban J connectivity index is 1.20. The van der Waals surface area contributed by atoms with E-state index in [0.717, 1.165) is 31.8 Å². The number of allylic oxidation sites excluding steroid dienone is 6. The van der Waals surface area contributed by atoms with Gasteiger partial charge in [-0.1, -0.05) is 57.6 Å². The third kappa shape index (κ3) is 3.64. The van der Waals surface area contributed by atoms with Crippen molar-refractivity contribution in [3.8, 4) is 0 Å². The van der Waals surface area contributed by atoms with Crippen molar-refractivity contribution in [2.45, 2.75) is 96.7 Å². The SMILES string of the molecule is CC(C)(C)S(C)(C)OCC1C[C@]23CCC4C(C(=O)C=C5CC6(C=CCCC=C6)CC[C@@]54C)C2CC[C@H]13. The van der Waals surface area contributed by atoms with Crippen LogP contribution in [0.2, 0.25) is 0 Å². The minimum atomic E-state index is -1.06. The molecule has 0 heterocycles. The summed E-state index contributed by atoms with van der Waals surface area (Å²) >= 11 is 0. The van der Waals surface area contributed by atoms with E-state index < -0.39 is 10.3 Å². The van der Waals surface area contributed by atoms with Gasteiger partial charge >= 0.3 is 0 Å². The van der Waals surface area contributed by atoms with E-state index >= 15 is 0 Å². The molecule has 6 rings (SSSR count). The zero-order valence-electron chi connectivity index (χ0n) is 23.8. The number of rotatable bonds is 3. The summed E-state index contributed by atoms with van der Waals surface area (Å²) in [4.78, 5) is 13.9. The highest BCUT2D eigenvalue weighted by atomic mass is 32.3. The van der Waals surface area contributed by atoms with Crippen LogP contribution in [0.1, 0.15) is 91.9 Å².